The van der Waals surface area contributed by atoms with Crippen molar-refractivity contribution in [3.05, 3.63) is 37.2 Å². The van der Waals surface area contributed by atoms with Crippen LogP contribution in [0.25, 0.3) is 0 Å². The third kappa shape index (κ3) is 4.11. The molecule has 96 valence electrons. The number of carbonyl (C=O) groups excluding carboxylic acids is 2. The lowest BCUT2D eigenvalue weighted by atomic mass is 10.4. The van der Waals surface area contributed by atoms with Crippen molar-refractivity contribution >= 4 is 11.9 Å². The number of esters is 2. The van der Waals surface area contributed by atoms with Crippen LogP contribution in [-0.4, -0.2) is 31.9 Å². The largest absolute Gasteiger partial charge is 0.405 e. The molecule has 0 saturated carbocycles. The van der Waals surface area contributed by atoms with Crippen molar-refractivity contribution in [3.8, 4) is 11.8 Å². The normalized spacial score (nSPS) is 9.68. The summed E-state index contributed by atoms with van der Waals surface area (Å²) in [4.78, 5) is 37.7. The molecule has 0 N–H and O–H groups in total. The second-order valence-corrected chi connectivity index (χ2v) is 3.21. The van der Waals surface area contributed by atoms with Gasteiger partial charge in [-0.05, 0) is 0 Å². The summed E-state index contributed by atoms with van der Waals surface area (Å²) in [5.74, 6) is -1.57. The predicted octanol–water partition coefficient (Wildman–Crippen LogP) is 0.168. The molecule has 19 heavy (non-hydrogen) atoms. The fourth-order valence-corrected chi connectivity index (χ4v) is 1.10. The Morgan fingerprint density at radius 2 is 1.32 bits per heavy atom. The lowest BCUT2D eigenvalue weighted by molar-refractivity contribution is -0.144. The average Bonchev–Trinajstić information content (AvgIpc) is 2.40. The maximum Gasteiger partial charge on any atom is 0.323 e. The van der Waals surface area contributed by atoms with Crippen molar-refractivity contribution < 1.29 is 19.1 Å². The van der Waals surface area contributed by atoms with E-state index in [-0.39, 0.29) is 11.8 Å². The van der Waals surface area contributed by atoms with Gasteiger partial charge in [-0.1, -0.05) is 0 Å². The number of ether oxygens (including phenoxy) is 2. The lowest BCUT2D eigenvalue weighted by Crippen LogP contribution is -2.18. The predicted molar refractivity (Wildman–Crippen MR) is 60.0 cm³/mol. The highest BCUT2D eigenvalue weighted by Crippen LogP contribution is 2.05. The topological polar surface area (TPSA) is 104 Å². The Balaban J connectivity index is 1.84. The molecular formula is C11H8N4O4. The average molecular weight is 260 g/mol. The van der Waals surface area contributed by atoms with Crippen molar-refractivity contribution in [1.29, 1.82) is 0 Å². The monoisotopic (exact) mass is 260 g/mol. The molecule has 8 nitrogen and oxygen atoms in total. The van der Waals surface area contributed by atoms with Gasteiger partial charge in [0.05, 0.1) is 12.4 Å². The molecule has 2 aromatic rings. The molecule has 0 atom stereocenters. The maximum absolute atomic E-state index is 11.4. The first kappa shape index (κ1) is 12.6. The summed E-state index contributed by atoms with van der Waals surface area (Å²) >= 11 is 0. The van der Waals surface area contributed by atoms with Crippen LogP contribution in [0.15, 0.2) is 37.2 Å². The standard InChI is InChI=1S/C11H8N4O4/c16-10(18-8-6-12-1-3-14-8)5-11(17)19-9-7-13-2-4-15-9/h1-4,6-7H,5H2. The number of nitrogens with zero attached hydrogens (tertiary/aromatic N) is 4. The van der Waals surface area contributed by atoms with Crippen LogP contribution >= 0.6 is 0 Å². The van der Waals surface area contributed by atoms with Gasteiger partial charge >= 0.3 is 11.9 Å². The molecule has 0 unspecified atom stereocenters. The number of rotatable bonds is 4. The Bertz CT molecular complexity index is 510. The summed E-state index contributed by atoms with van der Waals surface area (Å²) in [7, 11) is 0. The van der Waals surface area contributed by atoms with Gasteiger partial charge in [0.25, 0.3) is 0 Å². The molecule has 0 radical (unpaired) electrons. The molecule has 0 amide bonds. The first-order valence-corrected chi connectivity index (χ1v) is 5.17. The highest BCUT2D eigenvalue weighted by atomic mass is 16.6. The summed E-state index contributed by atoms with van der Waals surface area (Å²) in [6, 6.07) is 0. The lowest BCUT2D eigenvalue weighted by Gasteiger charge is -2.03. The molecule has 0 aromatic carbocycles. The van der Waals surface area contributed by atoms with E-state index in [0.29, 0.717) is 0 Å². The van der Waals surface area contributed by atoms with E-state index >= 15 is 0 Å². The van der Waals surface area contributed by atoms with Crippen molar-refractivity contribution in [3.63, 3.8) is 0 Å². The Labute approximate surface area is 107 Å². The van der Waals surface area contributed by atoms with Crippen molar-refractivity contribution in [2.24, 2.45) is 0 Å². The molecule has 0 aliphatic carbocycles. The molecular weight excluding hydrogens is 252 g/mol. The molecule has 0 saturated heterocycles. The smallest absolute Gasteiger partial charge is 0.323 e. The van der Waals surface area contributed by atoms with Crippen molar-refractivity contribution in [1.82, 2.24) is 19.9 Å². The van der Waals surface area contributed by atoms with Gasteiger partial charge in [-0.3, -0.25) is 19.6 Å². The van der Waals surface area contributed by atoms with Crippen LogP contribution < -0.4 is 9.47 Å². The van der Waals surface area contributed by atoms with Crippen LogP contribution in [0.3, 0.4) is 0 Å². The summed E-state index contributed by atoms with van der Waals surface area (Å²) in [6.45, 7) is 0. The van der Waals surface area contributed by atoms with E-state index in [1.165, 1.54) is 37.2 Å². The molecule has 2 heterocycles. The van der Waals surface area contributed by atoms with Crippen LogP contribution in [0.2, 0.25) is 0 Å². The van der Waals surface area contributed by atoms with E-state index in [1.54, 1.807) is 0 Å². The van der Waals surface area contributed by atoms with Gasteiger partial charge in [-0.15, -0.1) is 0 Å². The Morgan fingerprint density at radius 3 is 1.68 bits per heavy atom. The van der Waals surface area contributed by atoms with Crippen LogP contribution in [0.1, 0.15) is 6.42 Å². The molecule has 0 aliphatic rings. The zero-order valence-electron chi connectivity index (χ0n) is 9.59. The molecule has 0 spiro atoms. The Morgan fingerprint density at radius 1 is 0.842 bits per heavy atom. The first-order chi connectivity index (χ1) is 9.24. The minimum absolute atomic E-state index is 0.0137. The molecule has 0 aliphatic heterocycles. The second-order valence-electron chi connectivity index (χ2n) is 3.21. The number of aromatic nitrogens is 4. The van der Waals surface area contributed by atoms with E-state index in [0.717, 1.165) is 0 Å². The second kappa shape index (κ2) is 6.15. The summed E-state index contributed by atoms with van der Waals surface area (Å²) < 4.78 is 9.55. The third-order valence-electron chi connectivity index (χ3n) is 1.80. The minimum atomic E-state index is -0.797. The molecule has 8 heteroatoms. The van der Waals surface area contributed by atoms with Gasteiger partial charge in [-0.25, -0.2) is 9.97 Å². The van der Waals surface area contributed by atoms with Gasteiger partial charge in [0.1, 0.15) is 6.42 Å². The number of hydrogen-bond donors (Lipinski definition) is 0. The summed E-state index contributed by atoms with van der Waals surface area (Å²) in [5.41, 5.74) is 0. The van der Waals surface area contributed by atoms with Crippen molar-refractivity contribution in [2.75, 3.05) is 0 Å². The zero-order chi connectivity index (χ0) is 13.5. The summed E-state index contributed by atoms with van der Waals surface area (Å²) in [6.07, 6.45) is 7.53. The number of hydrogen-bond acceptors (Lipinski definition) is 8. The van der Waals surface area contributed by atoms with Crippen LogP contribution in [0, 0.1) is 0 Å². The van der Waals surface area contributed by atoms with Crippen LogP contribution in [0.4, 0.5) is 0 Å². The molecule has 0 bridgehead atoms. The number of carbonyl (C=O) groups is 2. The van der Waals surface area contributed by atoms with Gasteiger partial charge in [0.2, 0.25) is 11.8 Å². The SMILES string of the molecule is O=C(CC(=O)Oc1cnccn1)Oc1cnccn1. The quantitative estimate of drug-likeness (QED) is 0.565. The van der Waals surface area contributed by atoms with Crippen LogP contribution in [-0.2, 0) is 9.59 Å². The van der Waals surface area contributed by atoms with Gasteiger partial charge in [0, 0.05) is 24.8 Å². The molecule has 2 aromatic heterocycles. The minimum Gasteiger partial charge on any atom is -0.405 e. The van der Waals surface area contributed by atoms with Gasteiger partial charge in [0.15, 0.2) is 0 Å². The van der Waals surface area contributed by atoms with Gasteiger partial charge < -0.3 is 9.47 Å². The van der Waals surface area contributed by atoms with E-state index < -0.39 is 18.4 Å². The Kier molecular flexibility index (Phi) is 4.06. The van der Waals surface area contributed by atoms with E-state index in [4.69, 9.17) is 9.47 Å². The molecule has 2 rings (SSSR count). The maximum atomic E-state index is 11.4. The van der Waals surface area contributed by atoms with E-state index in [2.05, 4.69) is 19.9 Å². The Hall–Kier alpha value is -2.90. The van der Waals surface area contributed by atoms with Gasteiger partial charge in [-0.2, -0.15) is 0 Å². The zero-order valence-corrected chi connectivity index (χ0v) is 9.59. The fourth-order valence-electron chi connectivity index (χ4n) is 1.10. The van der Waals surface area contributed by atoms with E-state index in [1.807, 2.05) is 0 Å². The fraction of sp³-hybridized carbons (Fsp3) is 0.0909. The first-order valence-electron chi connectivity index (χ1n) is 5.17. The third-order valence-corrected chi connectivity index (χ3v) is 1.80. The van der Waals surface area contributed by atoms with Crippen LogP contribution in [0.5, 0.6) is 11.8 Å². The van der Waals surface area contributed by atoms with Crippen molar-refractivity contribution in [2.45, 2.75) is 6.42 Å². The highest BCUT2D eigenvalue weighted by molar-refractivity contribution is 5.92. The summed E-state index contributed by atoms with van der Waals surface area (Å²) in [5, 5.41) is 0. The molecule has 0 fully saturated rings. The van der Waals surface area contributed by atoms with E-state index in [9.17, 15) is 9.59 Å². The highest BCUT2D eigenvalue weighted by Gasteiger charge is 2.15.